The Morgan fingerprint density at radius 2 is 2.00 bits per heavy atom. The van der Waals surface area contributed by atoms with Crippen molar-refractivity contribution >= 4 is 33.6 Å². The van der Waals surface area contributed by atoms with Gasteiger partial charge in [-0.25, -0.2) is 4.79 Å². The van der Waals surface area contributed by atoms with E-state index in [1.54, 1.807) is 19.1 Å². The van der Waals surface area contributed by atoms with Crippen molar-refractivity contribution in [2.75, 3.05) is 0 Å². The second-order valence-electron chi connectivity index (χ2n) is 5.97. The molecule has 136 valence electrons. The topological polar surface area (TPSA) is 61.8 Å². The van der Waals surface area contributed by atoms with Crippen LogP contribution in [0, 0.1) is 0 Å². The highest BCUT2D eigenvalue weighted by Gasteiger charge is 2.46. The SMILES string of the molecule is CC(c1ccccc1Cl)N(C(=O)O)C1(c2ccc(CBr)cc2)C=CON1. The van der Waals surface area contributed by atoms with Gasteiger partial charge in [-0.1, -0.05) is 70.0 Å². The third kappa shape index (κ3) is 3.32. The van der Waals surface area contributed by atoms with Gasteiger partial charge in [0.25, 0.3) is 0 Å². The van der Waals surface area contributed by atoms with Gasteiger partial charge in [0, 0.05) is 16.4 Å². The number of hydroxylamine groups is 1. The molecule has 0 radical (unpaired) electrons. The number of amides is 1. The third-order valence-electron chi connectivity index (χ3n) is 4.47. The van der Waals surface area contributed by atoms with Gasteiger partial charge >= 0.3 is 6.09 Å². The fourth-order valence-corrected chi connectivity index (χ4v) is 3.80. The number of benzene rings is 2. The number of carboxylic acid groups (broad SMARTS) is 1. The van der Waals surface area contributed by atoms with Gasteiger partial charge in [0.05, 0.1) is 6.04 Å². The van der Waals surface area contributed by atoms with Crippen LogP contribution in [0.25, 0.3) is 0 Å². The zero-order chi connectivity index (χ0) is 18.7. The van der Waals surface area contributed by atoms with Gasteiger partial charge in [0.2, 0.25) is 0 Å². The molecule has 1 aliphatic rings. The lowest BCUT2D eigenvalue weighted by molar-refractivity contribution is -0.0152. The van der Waals surface area contributed by atoms with Crippen molar-refractivity contribution in [2.45, 2.75) is 24.0 Å². The summed E-state index contributed by atoms with van der Waals surface area (Å²) in [5.74, 6) is 0. The summed E-state index contributed by atoms with van der Waals surface area (Å²) in [6, 6.07) is 14.4. The lowest BCUT2D eigenvalue weighted by Gasteiger charge is -2.41. The van der Waals surface area contributed by atoms with Crippen LogP contribution in [-0.2, 0) is 15.8 Å². The first-order chi connectivity index (χ1) is 12.5. The molecule has 0 saturated carbocycles. The highest BCUT2D eigenvalue weighted by atomic mass is 79.9. The predicted octanol–water partition coefficient (Wildman–Crippen LogP) is 5.18. The number of halogens is 2. The average molecular weight is 438 g/mol. The molecule has 0 saturated heterocycles. The van der Waals surface area contributed by atoms with Crippen molar-refractivity contribution in [3.63, 3.8) is 0 Å². The molecule has 2 aromatic rings. The number of rotatable bonds is 5. The van der Waals surface area contributed by atoms with Gasteiger partial charge in [0.15, 0.2) is 5.66 Å². The molecule has 5 nitrogen and oxygen atoms in total. The van der Waals surface area contributed by atoms with Crippen LogP contribution >= 0.6 is 27.5 Å². The summed E-state index contributed by atoms with van der Waals surface area (Å²) in [6.07, 6.45) is 2.05. The van der Waals surface area contributed by atoms with Crippen molar-refractivity contribution in [1.29, 1.82) is 0 Å². The first-order valence-corrected chi connectivity index (χ1v) is 9.52. The summed E-state index contributed by atoms with van der Waals surface area (Å²) in [4.78, 5) is 18.8. The number of hydrogen-bond donors (Lipinski definition) is 2. The van der Waals surface area contributed by atoms with Crippen molar-refractivity contribution < 1.29 is 14.7 Å². The number of nitrogens with zero attached hydrogens (tertiary/aromatic N) is 1. The fourth-order valence-electron chi connectivity index (χ4n) is 3.14. The molecule has 0 aliphatic carbocycles. The Labute approximate surface area is 165 Å². The van der Waals surface area contributed by atoms with Gasteiger partial charge in [-0.3, -0.25) is 4.90 Å². The lowest BCUT2D eigenvalue weighted by Crippen LogP contribution is -2.55. The number of alkyl halides is 1. The molecule has 2 aromatic carbocycles. The first-order valence-electron chi connectivity index (χ1n) is 8.02. The van der Waals surface area contributed by atoms with E-state index in [1.165, 1.54) is 11.2 Å². The summed E-state index contributed by atoms with van der Waals surface area (Å²) in [6.45, 7) is 1.80. The lowest BCUT2D eigenvalue weighted by atomic mass is 9.94. The Hall–Kier alpha value is -2.02. The molecule has 1 heterocycles. The number of carbonyl (C=O) groups is 1. The maximum absolute atomic E-state index is 12.3. The molecule has 1 aliphatic heterocycles. The van der Waals surface area contributed by atoms with E-state index >= 15 is 0 Å². The first kappa shape index (κ1) is 18.8. The molecule has 0 aromatic heterocycles. The second kappa shape index (κ2) is 7.70. The number of nitrogens with one attached hydrogen (secondary N) is 1. The predicted molar refractivity (Wildman–Crippen MR) is 104 cm³/mol. The molecule has 3 rings (SSSR count). The van der Waals surface area contributed by atoms with E-state index in [2.05, 4.69) is 21.4 Å². The molecule has 7 heteroatoms. The standard InChI is InChI=1S/C19H18BrClN2O3/c1-13(16-4-2-3-5-17(16)21)23(18(24)25)19(10-11-26-22-19)15-8-6-14(12-20)7-9-15/h2-11,13,22H,12H2,1H3,(H,24,25). The van der Waals surface area contributed by atoms with Crippen molar-refractivity contribution in [3.8, 4) is 0 Å². The Morgan fingerprint density at radius 1 is 1.31 bits per heavy atom. The van der Waals surface area contributed by atoms with Crippen LogP contribution in [0.5, 0.6) is 0 Å². The van der Waals surface area contributed by atoms with Gasteiger partial charge in [-0.15, -0.1) is 5.48 Å². The molecule has 0 spiro atoms. The Kier molecular flexibility index (Phi) is 5.55. The van der Waals surface area contributed by atoms with E-state index in [-0.39, 0.29) is 0 Å². The van der Waals surface area contributed by atoms with Gasteiger partial charge in [-0.05, 0) is 29.7 Å². The molecule has 0 bridgehead atoms. The largest absolute Gasteiger partial charge is 0.465 e. The fraction of sp³-hybridized carbons (Fsp3) is 0.211. The minimum atomic E-state index is -1.16. The van der Waals surface area contributed by atoms with Gasteiger partial charge in [0.1, 0.15) is 6.26 Å². The van der Waals surface area contributed by atoms with E-state index in [0.717, 1.165) is 22.0 Å². The van der Waals surface area contributed by atoms with Crippen molar-refractivity contribution in [1.82, 2.24) is 10.4 Å². The molecule has 1 amide bonds. The van der Waals surface area contributed by atoms with Crippen LogP contribution in [0.1, 0.15) is 29.7 Å². The van der Waals surface area contributed by atoms with Crippen LogP contribution < -0.4 is 5.48 Å². The Bertz CT molecular complexity index is 828. The van der Waals surface area contributed by atoms with Crippen LogP contribution in [-0.4, -0.2) is 16.1 Å². The summed E-state index contributed by atoms with van der Waals surface area (Å²) in [5.41, 5.74) is 4.25. The summed E-state index contributed by atoms with van der Waals surface area (Å²) < 4.78 is 0. The van der Waals surface area contributed by atoms with E-state index in [4.69, 9.17) is 16.4 Å². The van der Waals surface area contributed by atoms with Crippen LogP contribution in [0.4, 0.5) is 4.79 Å². The Balaban J connectivity index is 2.09. The molecule has 0 fully saturated rings. The van der Waals surface area contributed by atoms with Gasteiger partial charge in [-0.2, -0.15) is 0 Å². The molecule has 2 N–H and O–H groups in total. The zero-order valence-corrected chi connectivity index (χ0v) is 16.4. The summed E-state index contributed by atoms with van der Waals surface area (Å²) in [5, 5.41) is 11.3. The van der Waals surface area contributed by atoms with Crippen molar-refractivity contribution in [3.05, 3.63) is 82.6 Å². The third-order valence-corrected chi connectivity index (χ3v) is 5.46. The summed E-state index contributed by atoms with van der Waals surface area (Å²) in [7, 11) is 0. The molecular weight excluding hydrogens is 420 g/mol. The van der Waals surface area contributed by atoms with E-state index in [0.29, 0.717) is 5.02 Å². The maximum atomic E-state index is 12.3. The zero-order valence-electron chi connectivity index (χ0n) is 14.0. The quantitative estimate of drug-likeness (QED) is 0.633. The Morgan fingerprint density at radius 3 is 2.54 bits per heavy atom. The highest BCUT2D eigenvalue weighted by Crippen LogP contribution is 2.39. The second-order valence-corrected chi connectivity index (χ2v) is 6.94. The maximum Gasteiger partial charge on any atom is 0.409 e. The van der Waals surface area contributed by atoms with Crippen LogP contribution in [0.2, 0.25) is 5.02 Å². The minimum Gasteiger partial charge on any atom is -0.465 e. The number of hydrogen-bond acceptors (Lipinski definition) is 3. The molecule has 26 heavy (non-hydrogen) atoms. The average Bonchev–Trinajstić information content (AvgIpc) is 3.12. The minimum absolute atomic E-state index is 0.513. The van der Waals surface area contributed by atoms with E-state index < -0.39 is 17.8 Å². The molecule has 2 atom stereocenters. The van der Waals surface area contributed by atoms with Gasteiger partial charge < -0.3 is 9.94 Å². The molecule has 2 unspecified atom stereocenters. The van der Waals surface area contributed by atoms with Crippen LogP contribution in [0.15, 0.2) is 60.9 Å². The normalized spacial score (nSPS) is 19.8. The smallest absolute Gasteiger partial charge is 0.409 e. The van der Waals surface area contributed by atoms with E-state index in [1.807, 2.05) is 42.5 Å². The van der Waals surface area contributed by atoms with E-state index in [9.17, 15) is 9.90 Å². The monoisotopic (exact) mass is 436 g/mol. The van der Waals surface area contributed by atoms with Crippen LogP contribution in [0.3, 0.4) is 0 Å². The van der Waals surface area contributed by atoms with Crippen molar-refractivity contribution in [2.24, 2.45) is 0 Å². The molecular formula is C19H18BrClN2O3. The highest BCUT2D eigenvalue weighted by molar-refractivity contribution is 9.08. The summed E-state index contributed by atoms with van der Waals surface area (Å²) >= 11 is 9.73.